The highest BCUT2D eigenvalue weighted by molar-refractivity contribution is 5.62. The monoisotopic (exact) mass is 259 g/mol. The van der Waals surface area contributed by atoms with Crippen molar-refractivity contribution in [3.05, 3.63) is 48.5 Å². The lowest BCUT2D eigenvalue weighted by atomic mass is 10.2. The van der Waals surface area contributed by atoms with Gasteiger partial charge in [0.2, 0.25) is 5.95 Å². The van der Waals surface area contributed by atoms with Crippen LogP contribution in [0.15, 0.2) is 42.6 Å². The SMILES string of the molecule is CCN(CC)c1ccc(Nc2ccnc(F)c2)cc1. The molecule has 0 amide bonds. The number of pyridine rings is 1. The number of rotatable bonds is 5. The molecule has 0 aliphatic carbocycles. The highest BCUT2D eigenvalue weighted by Crippen LogP contribution is 2.21. The summed E-state index contributed by atoms with van der Waals surface area (Å²) in [6, 6.07) is 11.2. The average molecular weight is 259 g/mol. The molecule has 1 aromatic carbocycles. The standard InChI is InChI=1S/C15H18FN3/c1-3-19(4-2)14-7-5-12(6-8-14)18-13-9-10-17-15(16)11-13/h5-11H,3-4H2,1-2H3,(H,17,18). The molecule has 0 aliphatic rings. The quantitative estimate of drug-likeness (QED) is 0.828. The smallest absolute Gasteiger partial charge is 0.214 e. The van der Waals surface area contributed by atoms with Gasteiger partial charge in [-0.05, 0) is 44.2 Å². The molecule has 0 saturated carbocycles. The van der Waals surface area contributed by atoms with Crippen molar-refractivity contribution >= 4 is 17.1 Å². The average Bonchev–Trinajstić information content (AvgIpc) is 2.42. The summed E-state index contributed by atoms with van der Waals surface area (Å²) in [7, 11) is 0. The molecule has 1 heterocycles. The summed E-state index contributed by atoms with van der Waals surface area (Å²) in [5.74, 6) is -0.482. The van der Waals surface area contributed by atoms with Crippen molar-refractivity contribution in [2.75, 3.05) is 23.3 Å². The van der Waals surface area contributed by atoms with Crippen molar-refractivity contribution < 1.29 is 4.39 Å². The second-order valence-electron chi connectivity index (χ2n) is 4.21. The number of nitrogens with zero attached hydrogens (tertiary/aromatic N) is 2. The number of anilines is 3. The summed E-state index contributed by atoms with van der Waals surface area (Å²) in [5.41, 5.74) is 2.82. The molecule has 100 valence electrons. The number of benzene rings is 1. The second kappa shape index (κ2) is 6.18. The third-order valence-corrected chi connectivity index (χ3v) is 3.01. The molecule has 0 bridgehead atoms. The van der Waals surface area contributed by atoms with Gasteiger partial charge in [-0.15, -0.1) is 0 Å². The number of hydrogen-bond donors (Lipinski definition) is 1. The van der Waals surface area contributed by atoms with Gasteiger partial charge in [0.15, 0.2) is 0 Å². The molecule has 3 nitrogen and oxygen atoms in total. The molecule has 1 aromatic heterocycles. The predicted octanol–water partition coefficient (Wildman–Crippen LogP) is 3.81. The van der Waals surface area contributed by atoms with E-state index in [-0.39, 0.29) is 0 Å². The maximum absolute atomic E-state index is 13.0. The molecule has 2 aromatic rings. The first kappa shape index (κ1) is 13.3. The van der Waals surface area contributed by atoms with Crippen molar-refractivity contribution in [1.82, 2.24) is 4.98 Å². The van der Waals surface area contributed by atoms with Crippen LogP contribution in [0, 0.1) is 5.95 Å². The van der Waals surface area contributed by atoms with E-state index in [2.05, 4.69) is 41.2 Å². The normalized spacial score (nSPS) is 10.3. The number of aromatic nitrogens is 1. The molecule has 2 rings (SSSR count). The predicted molar refractivity (Wildman–Crippen MR) is 77.5 cm³/mol. The third-order valence-electron chi connectivity index (χ3n) is 3.01. The van der Waals surface area contributed by atoms with E-state index in [1.807, 2.05) is 12.1 Å². The van der Waals surface area contributed by atoms with Crippen LogP contribution in [0.5, 0.6) is 0 Å². The maximum Gasteiger partial charge on any atom is 0.214 e. The first-order valence-corrected chi connectivity index (χ1v) is 6.46. The van der Waals surface area contributed by atoms with E-state index in [1.165, 1.54) is 18.0 Å². The number of hydrogen-bond acceptors (Lipinski definition) is 3. The first-order valence-electron chi connectivity index (χ1n) is 6.46. The van der Waals surface area contributed by atoms with Gasteiger partial charge in [0, 0.05) is 42.4 Å². The Morgan fingerprint density at radius 1 is 1.05 bits per heavy atom. The minimum atomic E-state index is -0.482. The van der Waals surface area contributed by atoms with Crippen LogP contribution in [0.4, 0.5) is 21.5 Å². The Balaban J connectivity index is 2.10. The second-order valence-corrected chi connectivity index (χ2v) is 4.21. The minimum Gasteiger partial charge on any atom is -0.372 e. The van der Waals surface area contributed by atoms with Gasteiger partial charge in [-0.2, -0.15) is 4.39 Å². The minimum absolute atomic E-state index is 0.482. The summed E-state index contributed by atoms with van der Waals surface area (Å²) >= 11 is 0. The van der Waals surface area contributed by atoms with Crippen LogP contribution in [0.1, 0.15) is 13.8 Å². The highest BCUT2D eigenvalue weighted by Gasteiger charge is 2.02. The molecule has 0 fully saturated rings. The Morgan fingerprint density at radius 3 is 2.32 bits per heavy atom. The van der Waals surface area contributed by atoms with Crippen molar-refractivity contribution in [1.29, 1.82) is 0 Å². The summed E-state index contributed by atoms with van der Waals surface area (Å²) in [5, 5.41) is 3.15. The molecule has 19 heavy (non-hydrogen) atoms. The lowest BCUT2D eigenvalue weighted by Gasteiger charge is -2.21. The Labute approximate surface area is 113 Å². The molecule has 0 radical (unpaired) electrons. The van der Waals surface area contributed by atoms with Crippen LogP contribution in [0.25, 0.3) is 0 Å². The van der Waals surface area contributed by atoms with Crippen LogP contribution < -0.4 is 10.2 Å². The van der Waals surface area contributed by atoms with E-state index in [4.69, 9.17) is 0 Å². The highest BCUT2D eigenvalue weighted by atomic mass is 19.1. The zero-order chi connectivity index (χ0) is 13.7. The Morgan fingerprint density at radius 2 is 1.74 bits per heavy atom. The van der Waals surface area contributed by atoms with Gasteiger partial charge in [-0.25, -0.2) is 4.98 Å². The van der Waals surface area contributed by atoms with Gasteiger partial charge >= 0.3 is 0 Å². The molecular formula is C15H18FN3. The fourth-order valence-corrected chi connectivity index (χ4v) is 1.99. The van der Waals surface area contributed by atoms with Crippen molar-refractivity contribution in [2.24, 2.45) is 0 Å². The maximum atomic E-state index is 13.0. The fourth-order valence-electron chi connectivity index (χ4n) is 1.99. The molecular weight excluding hydrogens is 241 g/mol. The van der Waals surface area contributed by atoms with Gasteiger partial charge in [-0.3, -0.25) is 0 Å². The van der Waals surface area contributed by atoms with E-state index in [0.717, 1.165) is 18.8 Å². The van der Waals surface area contributed by atoms with Gasteiger partial charge in [0.25, 0.3) is 0 Å². The van der Waals surface area contributed by atoms with E-state index in [0.29, 0.717) is 5.69 Å². The topological polar surface area (TPSA) is 28.2 Å². The molecule has 1 N–H and O–H groups in total. The molecule has 0 atom stereocenters. The molecule has 0 saturated heterocycles. The molecule has 0 aliphatic heterocycles. The summed E-state index contributed by atoms with van der Waals surface area (Å²) in [4.78, 5) is 5.80. The van der Waals surface area contributed by atoms with Crippen LogP contribution >= 0.6 is 0 Å². The summed E-state index contributed by atoms with van der Waals surface area (Å²) in [6.45, 7) is 6.24. The number of halogens is 1. The van der Waals surface area contributed by atoms with Crippen LogP contribution in [-0.2, 0) is 0 Å². The zero-order valence-corrected chi connectivity index (χ0v) is 11.2. The lowest BCUT2D eigenvalue weighted by Crippen LogP contribution is -2.21. The van der Waals surface area contributed by atoms with Crippen LogP contribution in [-0.4, -0.2) is 18.1 Å². The third kappa shape index (κ3) is 3.44. The van der Waals surface area contributed by atoms with E-state index >= 15 is 0 Å². The summed E-state index contributed by atoms with van der Waals surface area (Å²) in [6.07, 6.45) is 1.45. The Hall–Kier alpha value is -2.10. The molecule has 0 spiro atoms. The lowest BCUT2D eigenvalue weighted by molar-refractivity contribution is 0.584. The van der Waals surface area contributed by atoms with Gasteiger partial charge in [0.1, 0.15) is 0 Å². The van der Waals surface area contributed by atoms with Gasteiger partial charge in [-0.1, -0.05) is 0 Å². The van der Waals surface area contributed by atoms with E-state index in [1.54, 1.807) is 6.07 Å². The van der Waals surface area contributed by atoms with E-state index < -0.39 is 5.95 Å². The van der Waals surface area contributed by atoms with Crippen molar-refractivity contribution in [3.8, 4) is 0 Å². The van der Waals surface area contributed by atoms with Crippen molar-refractivity contribution in [2.45, 2.75) is 13.8 Å². The Kier molecular flexibility index (Phi) is 4.34. The zero-order valence-electron chi connectivity index (χ0n) is 11.2. The molecule has 0 unspecified atom stereocenters. The fraction of sp³-hybridized carbons (Fsp3) is 0.267. The van der Waals surface area contributed by atoms with Crippen LogP contribution in [0.3, 0.4) is 0 Å². The van der Waals surface area contributed by atoms with Gasteiger partial charge in [0.05, 0.1) is 0 Å². The Bertz CT molecular complexity index is 521. The van der Waals surface area contributed by atoms with Gasteiger partial charge < -0.3 is 10.2 Å². The summed E-state index contributed by atoms with van der Waals surface area (Å²) < 4.78 is 13.0. The largest absolute Gasteiger partial charge is 0.372 e. The number of nitrogens with one attached hydrogen (secondary N) is 1. The van der Waals surface area contributed by atoms with Crippen molar-refractivity contribution in [3.63, 3.8) is 0 Å². The first-order chi connectivity index (χ1) is 9.22. The van der Waals surface area contributed by atoms with Crippen LogP contribution in [0.2, 0.25) is 0 Å². The molecule has 4 heteroatoms. The van der Waals surface area contributed by atoms with E-state index in [9.17, 15) is 4.39 Å².